The van der Waals surface area contributed by atoms with Crippen LogP contribution < -0.4 is 5.32 Å². The minimum absolute atomic E-state index is 0.0510. The first-order chi connectivity index (χ1) is 10.7. The number of ether oxygens (including phenoxy) is 1. The normalized spacial score (nSPS) is 18.7. The van der Waals surface area contributed by atoms with E-state index in [9.17, 15) is 13.6 Å². The molecule has 0 aliphatic carbocycles. The van der Waals surface area contributed by atoms with Gasteiger partial charge in [-0.3, -0.25) is 0 Å². The highest BCUT2D eigenvalue weighted by Gasteiger charge is 2.30. The van der Waals surface area contributed by atoms with Crippen LogP contribution in [0.5, 0.6) is 0 Å². The van der Waals surface area contributed by atoms with Crippen LogP contribution in [-0.4, -0.2) is 35.7 Å². The van der Waals surface area contributed by atoms with Gasteiger partial charge in [0.05, 0.1) is 6.04 Å². The number of rotatable bonds is 3. The first kappa shape index (κ1) is 17.5. The number of amides is 1. The Morgan fingerprint density at radius 3 is 2.52 bits per heavy atom. The van der Waals surface area contributed by atoms with Crippen molar-refractivity contribution in [2.24, 2.45) is 0 Å². The molecule has 1 amide bonds. The Hall–Kier alpha value is -1.85. The summed E-state index contributed by atoms with van der Waals surface area (Å²) in [6.07, 6.45) is 2.45. The number of hydrogen-bond donors (Lipinski definition) is 1. The van der Waals surface area contributed by atoms with Gasteiger partial charge in [-0.15, -0.1) is 0 Å². The number of carbonyl (C=O) groups is 1. The van der Waals surface area contributed by atoms with E-state index < -0.39 is 17.2 Å². The van der Waals surface area contributed by atoms with Gasteiger partial charge in [0.2, 0.25) is 0 Å². The van der Waals surface area contributed by atoms with E-state index in [1.807, 2.05) is 20.8 Å². The Morgan fingerprint density at radius 1 is 1.26 bits per heavy atom. The Labute approximate surface area is 135 Å². The number of anilines is 1. The molecule has 1 fully saturated rings. The number of likely N-dealkylation sites (tertiary alicyclic amines) is 1. The van der Waals surface area contributed by atoms with Crippen molar-refractivity contribution in [2.75, 3.05) is 18.4 Å². The molecule has 1 aromatic rings. The second-order valence-electron chi connectivity index (χ2n) is 6.86. The molecule has 128 valence electrons. The number of benzene rings is 1. The van der Waals surface area contributed by atoms with Crippen LogP contribution in [0.15, 0.2) is 18.2 Å². The van der Waals surface area contributed by atoms with Crippen LogP contribution in [0.3, 0.4) is 0 Å². The molecule has 1 atom stereocenters. The number of halogens is 2. The van der Waals surface area contributed by atoms with E-state index in [1.54, 1.807) is 4.90 Å². The minimum Gasteiger partial charge on any atom is -0.444 e. The Balaban J connectivity index is 1.99. The topological polar surface area (TPSA) is 41.6 Å². The molecule has 0 radical (unpaired) electrons. The Morgan fingerprint density at radius 2 is 1.91 bits per heavy atom. The molecule has 0 saturated carbocycles. The van der Waals surface area contributed by atoms with Crippen molar-refractivity contribution in [3.63, 3.8) is 0 Å². The molecule has 1 saturated heterocycles. The highest BCUT2D eigenvalue weighted by Crippen LogP contribution is 2.21. The summed E-state index contributed by atoms with van der Waals surface area (Å²) >= 11 is 0. The minimum atomic E-state index is -0.625. The maximum atomic E-state index is 13.2. The standard InChI is InChI=1S/C17H24F2N2O2/c1-17(2,3)23-16(22)21-7-5-4-6-15(21)11-20-14-9-12(18)8-13(19)10-14/h8-10,15,20H,4-7,11H2,1-3H3. The third-order valence-electron chi connectivity index (χ3n) is 3.66. The zero-order valence-electron chi connectivity index (χ0n) is 13.9. The zero-order chi connectivity index (χ0) is 17.0. The molecule has 6 heteroatoms. The van der Waals surface area contributed by atoms with Gasteiger partial charge >= 0.3 is 6.09 Å². The molecule has 1 N–H and O–H groups in total. The van der Waals surface area contributed by atoms with Crippen molar-refractivity contribution < 1.29 is 18.3 Å². The smallest absolute Gasteiger partial charge is 0.410 e. The second kappa shape index (κ2) is 7.15. The van der Waals surface area contributed by atoms with E-state index in [1.165, 1.54) is 12.1 Å². The highest BCUT2D eigenvalue weighted by atomic mass is 19.1. The molecule has 1 heterocycles. The molecule has 1 aliphatic heterocycles. The predicted molar refractivity (Wildman–Crippen MR) is 85.4 cm³/mol. The van der Waals surface area contributed by atoms with Crippen LogP contribution in [0.1, 0.15) is 40.0 Å². The van der Waals surface area contributed by atoms with Gasteiger partial charge in [0.15, 0.2) is 0 Å². The molecule has 0 spiro atoms. The van der Waals surface area contributed by atoms with Crippen molar-refractivity contribution in [1.29, 1.82) is 0 Å². The maximum Gasteiger partial charge on any atom is 0.410 e. The van der Waals surface area contributed by atoms with E-state index in [2.05, 4.69) is 5.32 Å². The fourth-order valence-corrected chi connectivity index (χ4v) is 2.67. The summed E-state index contributed by atoms with van der Waals surface area (Å²) < 4.78 is 31.9. The van der Waals surface area contributed by atoms with Crippen molar-refractivity contribution in [3.8, 4) is 0 Å². The fourth-order valence-electron chi connectivity index (χ4n) is 2.67. The number of nitrogens with zero attached hydrogens (tertiary/aromatic N) is 1. The molecule has 2 rings (SSSR count). The molecule has 4 nitrogen and oxygen atoms in total. The van der Waals surface area contributed by atoms with Crippen molar-refractivity contribution in [2.45, 2.75) is 51.7 Å². The van der Waals surface area contributed by atoms with Gasteiger partial charge in [-0.05, 0) is 52.2 Å². The van der Waals surface area contributed by atoms with Crippen LogP contribution in [0.2, 0.25) is 0 Å². The predicted octanol–water partition coefficient (Wildman–Crippen LogP) is 4.17. The van der Waals surface area contributed by atoms with Crippen LogP contribution in [0, 0.1) is 11.6 Å². The van der Waals surface area contributed by atoms with Crippen molar-refractivity contribution in [1.82, 2.24) is 4.90 Å². The molecule has 0 bridgehead atoms. The van der Waals surface area contributed by atoms with E-state index in [4.69, 9.17) is 4.74 Å². The Kier molecular flexibility index (Phi) is 5.44. The fraction of sp³-hybridized carbons (Fsp3) is 0.588. The lowest BCUT2D eigenvalue weighted by Crippen LogP contribution is -2.48. The van der Waals surface area contributed by atoms with E-state index in [-0.39, 0.29) is 12.1 Å². The summed E-state index contributed by atoms with van der Waals surface area (Å²) in [6.45, 7) is 6.56. The first-order valence-electron chi connectivity index (χ1n) is 7.94. The molecule has 1 aromatic carbocycles. The third kappa shape index (κ3) is 5.37. The molecule has 0 aromatic heterocycles. The van der Waals surface area contributed by atoms with E-state index >= 15 is 0 Å². The second-order valence-corrected chi connectivity index (χ2v) is 6.86. The quantitative estimate of drug-likeness (QED) is 0.906. The summed E-state index contributed by atoms with van der Waals surface area (Å²) in [6, 6.07) is 3.26. The van der Waals surface area contributed by atoms with Gasteiger partial charge < -0.3 is 15.0 Å². The molecular formula is C17H24F2N2O2. The number of piperidine rings is 1. The lowest BCUT2D eigenvalue weighted by atomic mass is 10.0. The van der Waals surface area contributed by atoms with Gasteiger partial charge in [-0.2, -0.15) is 0 Å². The molecular weight excluding hydrogens is 302 g/mol. The summed E-state index contributed by atoms with van der Waals surface area (Å²) in [7, 11) is 0. The summed E-state index contributed by atoms with van der Waals surface area (Å²) in [5.41, 5.74) is -0.171. The van der Waals surface area contributed by atoms with Gasteiger partial charge in [0.1, 0.15) is 17.2 Å². The number of carbonyl (C=O) groups excluding carboxylic acids is 1. The first-order valence-corrected chi connectivity index (χ1v) is 7.94. The van der Waals surface area contributed by atoms with E-state index in [0.29, 0.717) is 18.8 Å². The highest BCUT2D eigenvalue weighted by molar-refractivity contribution is 5.68. The summed E-state index contributed by atoms with van der Waals surface area (Å²) in [4.78, 5) is 14.0. The summed E-state index contributed by atoms with van der Waals surface area (Å²) in [5.74, 6) is -1.25. The third-order valence-corrected chi connectivity index (χ3v) is 3.66. The van der Waals surface area contributed by atoms with Crippen molar-refractivity contribution in [3.05, 3.63) is 29.8 Å². The van der Waals surface area contributed by atoms with Gasteiger partial charge in [0, 0.05) is 24.8 Å². The Bertz CT molecular complexity index is 538. The molecule has 1 unspecified atom stereocenters. The van der Waals surface area contributed by atoms with Crippen LogP contribution in [-0.2, 0) is 4.74 Å². The number of nitrogens with one attached hydrogen (secondary N) is 1. The lowest BCUT2D eigenvalue weighted by molar-refractivity contribution is 0.0114. The van der Waals surface area contributed by atoms with Crippen LogP contribution >= 0.6 is 0 Å². The lowest BCUT2D eigenvalue weighted by Gasteiger charge is -2.37. The monoisotopic (exact) mass is 326 g/mol. The maximum absolute atomic E-state index is 13.2. The van der Waals surface area contributed by atoms with E-state index in [0.717, 1.165) is 25.3 Å². The van der Waals surface area contributed by atoms with Gasteiger partial charge in [-0.1, -0.05) is 0 Å². The summed E-state index contributed by atoms with van der Waals surface area (Å²) in [5, 5.41) is 3.01. The van der Waals surface area contributed by atoms with Crippen LogP contribution in [0.25, 0.3) is 0 Å². The largest absolute Gasteiger partial charge is 0.444 e. The average Bonchev–Trinajstić information content (AvgIpc) is 2.42. The molecule has 1 aliphatic rings. The van der Waals surface area contributed by atoms with Crippen molar-refractivity contribution >= 4 is 11.8 Å². The SMILES string of the molecule is CC(C)(C)OC(=O)N1CCCCC1CNc1cc(F)cc(F)c1. The number of hydrogen-bond acceptors (Lipinski definition) is 3. The average molecular weight is 326 g/mol. The zero-order valence-corrected chi connectivity index (χ0v) is 13.9. The van der Waals surface area contributed by atoms with Gasteiger partial charge in [-0.25, -0.2) is 13.6 Å². The van der Waals surface area contributed by atoms with Crippen LogP contribution in [0.4, 0.5) is 19.3 Å². The van der Waals surface area contributed by atoms with Gasteiger partial charge in [0.25, 0.3) is 0 Å². The molecule has 23 heavy (non-hydrogen) atoms.